The lowest BCUT2D eigenvalue weighted by atomic mass is 9.97. The molecule has 2 fully saturated rings. The van der Waals surface area contributed by atoms with E-state index in [4.69, 9.17) is 4.74 Å². The molecular weight excluding hydrogens is 379 g/mol. The number of carbonyl (C=O) groups excluding carboxylic acids is 3. The minimum Gasteiger partial charge on any atom is -0.469 e. The van der Waals surface area contributed by atoms with E-state index in [2.05, 4.69) is 4.98 Å². The number of ether oxygens (including phenoxy) is 1. The molecule has 9 heteroatoms. The first kappa shape index (κ1) is 19.4. The highest BCUT2D eigenvalue weighted by Gasteiger charge is 2.50. The van der Waals surface area contributed by atoms with Crippen LogP contribution in [0, 0.1) is 18.8 Å². The van der Waals surface area contributed by atoms with Gasteiger partial charge in [0.05, 0.1) is 19.1 Å². The molecule has 0 aromatic carbocycles. The van der Waals surface area contributed by atoms with Crippen molar-refractivity contribution in [3.63, 3.8) is 0 Å². The topological polar surface area (TPSA) is 84.2 Å². The van der Waals surface area contributed by atoms with E-state index in [9.17, 15) is 18.8 Å². The van der Waals surface area contributed by atoms with Crippen molar-refractivity contribution in [2.24, 2.45) is 5.92 Å². The minimum absolute atomic E-state index is 0.161. The Labute approximate surface area is 167 Å². The smallest absolute Gasteiger partial charge is 0.310 e. The van der Waals surface area contributed by atoms with Crippen LogP contribution >= 0.6 is 0 Å². The summed E-state index contributed by atoms with van der Waals surface area (Å²) in [4.78, 5) is 45.1. The van der Waals surface area contributed by atoms with E-state index in [0.717, 1.165) is 5.56 Å². The average Bonchev–Trinajstić information content (AvgIpc) is 3.25. The Balaban J connectivity index is 1.60. The van der Waals surface area contributed by atoms with E-state index in [1.54, 1.807) is 23.2 Å². The van der Waals surface area contributed by atoms with Gasteiger partial charge in [0.25, 0.3) is 5.91 Å². The van der Waals surface area contributed by atoms with Gasteiger partial charge in [0.2, 0.25) is 11.9 Å². The number of fused-ring (bicyclic) bond motifs is 2. The normalized spacial score (nSPS) is 24.1. The summed E-state index contributed by atoms with van der Waals surface area (Å²) in [6.07, 6.45) is 2.62. The maximum Gasteiger partial charge on any atom is 0.310 e. The molecule has 0 aliphatic carbocycles. The maximum atomic E-state index is 14.8. The summed E-state index contributed by atoms with van der Waals surface area (Å²) in [7, 11) is 1.33. The zero-order chi connectivity index (χ0) is 20.9. The highest BCUT2D eigenvalue weighted by Crippen LogP contribution is 2.35. The molecule has 2 aromatic heterocycles. The van der Waals surface area contributed by atoms with Gasteiger partial charge in [-0.05, 0) is 31.4 Å². The first-order valence-corrected chi connectivity index (χ1v) is 9.68. The number of amides is 2. The van der Waals surface area contributed by atoms with Gasteiger partial charge in [-0.25, -0.2) is 4.98 Å². The maximum absolute atomic E-state index is 14.8. The molecule has 8 nitrogen and oxygen atoms in total. The number of nitrogens with zero attached hydrogens (tertiary/aromatic N) is 4. The highest BCUT2D eigenvalue weighted by atomic mass is 19.1. The number of methoxy groups -OCH3 is 1. The standard InChI is InChI=1S/C20H23FN4O4/c1-4-14-13(20(28)29-3)7-12-9-23(10-16(26)25(12)14)19(27)17-18(21)24-8-11(2)5-6-15(24)22-17/h5-6,8,12-14H,4,7,9-10H2,1-3H3/t12-,13-,14-/m0/s1. The highest BCUT2D eigenvalue weighted by molar-refractivity contribution is 5.96. The molecule has 0 radical (unpaired) electrons. The quantitative estimate of drug-likeness (QED) is 0.725. The number of esters is 1. The number of imidazole rings is 1. The van der Waals surface area contributed by atoms with Crippen LogP contribution < -0.4 is 0 Å². The summed E-state index contributed by atoms with van der Waals surface area (Å²) in [5.74, 6) is -2.37. The number of piperazine rings is 1. The Morgan fingerprint density at radius 3 is 2.79 bits per heavy atom. The first-order chi connectivity index (χ1) is 13.8. The number of carbonyl (C=O) groups is 3. The Bertz CT molecular complexity index is 1000. The van der Waals surface area contributed by atoms with Crippen molar-refractivity contribution in [2.45, 2.75) is 38.8 Å². The van der Waals surface area contributed by atoms with Gasteiger partial charge < -0.3 is 14.5 Å². The SMILES string of the molecule is CC[C@H]1[C@@H](C(=O)OC)C[C@H]2CN(C(=O)c3nc4ccc(C)cn4c3F)CC(=O)N21. The van der Waals surface area contributed by atoms with Gasteiger partial charge in [-0.2, -0.15) is 4.39 Å². The molecule has 0 unspecified atom stereocenters. The molecule has 2 aliphatic rings. The number of rotatable bonds is 3. The van der Waals surface area contributed by atoms with Crippen molar-refractivity contribution in [2.75, 3.05) is 20.2 Å². The van der Waals surface area contributed by atoms with Crippen molar-refractivity contribution in [3.8, 4) is 0 Å². The van der Waals surface area contributed by atoms with Crippen LogP contribution in [0.5, 0.6) is 0 Å². The summed E-state index contributed by atoms with van der Waals surface area (Å²) < 4.78 is 20.9. The second-order valence-electron chi connectivity index (χ2n) is 7.67. The number of halogens is 1. The van der Waals surface area contributed by atoms with Gasteiger partial charge >= 0.3 is 5.97 Å². The Morgan fingerprint density at radius 1 is 1.34 bits per heavy atom. The molecule has 0 N–H and O–H groups in total. The predicted octanol–water partition coefficient (Wildman–Crippen LogP) is 1.41. The van der Waals surface area contributed by atoms with Gasteiger partial charge in [-0.1, -0.05) is 13.0 Å². The molecule has 0 saturated carbocycles. The van der Waals surface area contributed by atoms with Crippen LogP contribution in [-0.2, 0) is 14.3 Å². The number of hydrogen-bond donors (Lipinski definition) is 0. The van der Waals surface area contributed by atoms with Crippen LogP contribution in [0.25, 0.3) is 5.65 Å². The largest absolute Gasteiger partial charge is 0.469 e. The van der Waals surface area contributed by atoms with Crippen LogP contribution in [0.1, 0.15) is 35.8 Å². The predicted molar refractivity (Wildman–Crippen MR) is 101 cm³/mol. The van der Waals surface area contributed by atoms with Crippen LogP contribution in [0.3, 0.4) is 0 Å². The second kappa shape index (κ2) is 7.13. The molecular formula is C20H23FN4O4. The van der Waals surface area contributed by atoms with Crippen molar-refractivity contribution < 1.29 is 23.5 Å². The molecule has 3 atom stereocenters. The molecule has 0 bridgehead atoms. The van der Waals surface area contributed by atoms with Crippen molar-refractivity contribution in [1.82, 2.24) is 19.2 Å². The molecule has 2 amide bonds. The van der Waals surface area contributed by atoms with Crippen LogP contribution in [0.4, 0.5) is 4.39 Å². The second-order valence-corrected chi connectivity index (χ2v) is 7.67. The third-order valence-electron chi connectivity index (χ3n) is 5.91. The summed E-state index contributed by atoms with van der Waals surface area (Å²) in [6.45, 7) is 3.81. The third kappa shape index (κ3) is 3.04. The van der Waals surface area contributed by atoms with E-state index < -0.39 is 17.8 Å². The van der Waals surface area contributed by atoms with Crippen LogP contribution in [0.15, 0.2) is 18.3 Å². The zero-order valence-electron chi connectivity index (χ0n) is 16.6. The Morgan fingerprint density at radius 2 is 2.10 bits per heavy atom. The van der Waals surface area contributed by atoms with E-state index in [0.29, 0.717) is 18.5 Å². The van der Waals surface area contributed by atoms with Crippen LogP contribution in [-0.4, -0.2) is 69.3 Å². The molecule has 2 aromatic rings. The van der Waals surface area contributed by atoms with E-state index in [1.165, 1.54) is 16.4 Å². The van der Waals surface area contributed by atoms with E-state index in [1.807, 2.05) is 13.8 Å². The first-order valence-electron chi connectivity index (χ1n) is 9.68. The molecule has 154 valence electrons. The number of hydrogen-bond acceptors (Lipinski definition) is 5. The van der Waals surface area contributed by atoms with Gasteiger partial charge in [-0.15, -0.1) is 0 Å². The summed E-state index contributed by atoms with van der Waals surface area (Å²) >= 11 is 0. The van der Waals surface area contributed by atoms with E-state index >= 15 is 0 Å². The van der Waals surface area contributed by atoms with Gasteiger partial charge in [0.15, 0.2) is 5.69 Å². The molecule has 2 aliphatic heterocycles. The average molecular weight is 402 g/mol. The molecule has 2 saturated heterocycles. The summed E-state index contributed by atoms with van der Waals surface area (Å²) in [6, 6.07) is 2.89. The van der Waals surface area contributed by atoms with Gasteiger partial charge in [0.1, 0.15) is 12.2 Å². The van der Waals surface area contributed by atoms with Crippen molar-refractivity contribution in [1.29, 1.82) is 0 Å². The fourth-order valence-corrected chi connectivity index (χ4v) is 4.59. The lowest BCUT2D eigenvalue weighted by Crippen LogP contribution is -2.57. The Hall–Kier alpha value is -2.97. The number of aryl methyl sites for hydroxylation is 1. The molecule has 29 heavy (non-hydrogen) atoms. The third-order valence-corrected chi connectivity index (χ3v) is 5.91. The van der Waals surface area contributed by atoms with E-state index in [-0.39, 0.29) is 42.7 Å². The summed E-state index contributed by atoms with van der Waals surface area (Å²) in [5, 5.41) is 0. The zero-order valence-corrected chi connectivity index (χ0v) is 16.6. The fraction of sp³-hybridized carbons (Fsp3) is 0.500. The van der Waals surface area contributed by atoms with Gasteiger partial charge in [-0.3, -0.25) is 18.8 Å². The summed E-state index contributed by atoms with van der Waals surface area (Å²) in [5.41, 5.74) is 0.868. The molecule has 0 spiro atoms. The lowest BCUT2D eigenvalue weighted by molar-refractivity contribution is -0.147. The molecule has 4 rings (SSSR count). The lowest BCUT2D eigenvalue weighted by Gasteiger charge is -2.39. The van der Waals surface area contributed by atoms with Crippen LogP contribution in [0.2, 0.25) is 0 Å². The molecule has 4 heterocycles. The fourth-order valence-electron chi connectivity index (χ4n) is 4.59. The minimum atomic E-state index is -0.742. The van der Waals surface area contributed by atoms with Crippen molar-refractivity contribution in [3.05, 3.63) is 35.5 Å². The number of aromatic nitrogens is 2. The number of pyridine rings is 1. The Kier molecular flexibility index (Phi) is 4.76. The van der Waals surface area contributed by atoms with Gasteiger partial charge in [0, 0.05) is 18.8 Å². The van der Waals surface area contributed by atoms with Crippen molar-refractivity contribution >= 4 is 23.4 Å². The monoisotopic (exact) mass is 402 g/mol.